The van der Waals surface area contributed by atoms with Crippen LogP contribution in [0, 0.1) is 29.6 Å². The van der Waals surface area contributed by atoms with Gasteiger partial charge in [0, 0.05) is 155 Å². The van der Waals surface area contributed by atoms with Crippen molar-refractivity contribution >= 4 is 150 Å². The van der Waals surface area contributed by atoms with Gasteiger partial charge in [0.05, 0.1) is 43.2 Å². The van der Waals surface area contributed by atoms with Gasteiger partial charge in [-0.25, -0.2) is 4.98 Å². The SMILES string of the molecule is CCCC[C@H]1C(=O)N(C)[C@@H](CCCC)C(=O)C[C@H]2CCC(=O)NCCCC[C@H](CC(=O)[C@H](Cc3c[nH]c4ccccc34)NC(=O)[C@@H]3CCCN3C(=O)[C@H](CC(C)C)CC(=O)[C@H](Cc3cnc[nH]3)CC(=O)[C@@H]3CCCN3C(=O)[C@H](CC(N)=O)NC(=O)[C@H](C)N(C)C(=O)[C@H](Cc3ccc(O)cc3)NC(=O)CSC[C@@H](C(=O)NCC(N)=O)NC2=O)C(=O)N[C@@H](Cc2csc3ccccc23)C(=O)N1C. The maximum Gasteiger partial charge on any atom is 0.246 e. The first-order chi connectivity index (χ1) is 64.5. The van der Waals surface area contributed by atoms with E-state index >= 15 is 47.9 Å². The minimum atomic E-state index is -1.71. The lowest BCUT2D eigenvalue weighted by Crippen LogP contribution is -2.58. The number of Topliss-reactive ketones (excluding diaryl/α,β-unsaturated/α-hetero) is 4. The molecule has 0 saturated carbocycles. The largest absolute Gasteiger partial charge is 0.508 e. The van der Waals surface area contributed by atoms with Crippen molar-refractivity contribution in [1.29, 1.82) is 0 Å². The van der Waals surface area contributed by atoms with E-state index in [1.807, 2.05) is 81.6 Å². The number of hydrogen-bond acceptors (Lipinski definition) is 22. The molecule has 6 aromatic rings. The van der Waals surface area contributed by atoms with Crippen LogP contribution >= 0.6 is 23.1 Å². The number of hydrogen-bond donors (Lipinski definition) is 12. The third kappa shape index (κ3) is 29.2. The van der Waals surface area contributed by atoms with Crippen molar-refractivity contribution in [3.63, 3.8) is 0 Å². The van der Waals surface area contributed by atoms with Crippen molar-refractivity contribution in [3.05, 3.63) is 119 Å². The molecule has 14 amide bonds. The summed E-state index contributed by atoms with van der Waals surface area (Å²) in [4.78, 5) is 285. The Morgan fingerprint density at radius 1 is 0.556 bits per heavy atom. The average molecular weight is 1900 g/mol. The zero-order valence-corrected chi connectivity index (χ0v) is 79.9. The van der Waals surface area contributed by atoms with E-state index in [0.717, 1.165) is 37.7 Å². The molecule has 3 aromatic heterocycles. The molecule has 14 N–H and O–H groups in total. The Balaban J connectivity index is 1.06. The zero-order chi connectivity index (χ0) is 97.9. The van der Waals surface area contributed by atoms with Crippen LogP contribution in [0.25, 0.3) is 21.0 Å². The second-order valence-corrected chi connectivity index (χ2v) is 38.6. The standard InChI is InChI=1S/C97H131N17O19S2/c1-9-11-25-75-81(118)45-60-32-35-86(122)101-36-18-17-21-59(89(125)108-72(43-64-52-135-83-29-16-14-23-68(64)83)95(131)112(8)78(26-12-10-2)97(133)111(75)7)44-80(117)70(42-63-49-102-69-24-15-13-22-67(63)69)106-92(128)77-28-20-38-114(77)93(129)62(39-56(3)4)47-79(116)61(41-65-50-100-55-104-65)46-82(119)76-27-19-37-113(76)96(132)73(48-84(98)120)107-88(124)57(5)110(6)94(130)71(40-58-30-33-66(115)34-31-58)105-87(123)54-134-53-74(109-90(60)126)91(127)103-51-85(99)121/h13-16,22-24,29-31,33-34,49-50,52,55-57,59-62,70-78,102,115H,9-12,17-21,25-28,32,35-48,51,53-54H2,1-8H3,(H2,98,120)(H2,99,121)(H,100,104)(H,101,122)(H,103,127)(H,105,123)(H,106,128)(H,107,124)(H,108,125)(H,109,126)/t57-,59+,60+,61+,62+,70-,71-,72-,73-,74-,75-,76-,77-,78-/m0/s1. The van der Waals surface area contributed by atoms with Crippen LogP contribution in [0.2, 0.25) is 0 Å². The number of thiophene rings is 1. The molecule has 2 bridgehead atoms. The predicted molar refractivity (Wildman–Crippen MR) is 507 cm³/mol. The molecule has 10 rings (SSSR count). The first kappa shape index (κ1) is 105. The van der Waals surface area contributed by atoms with Crippen LogP contribution in [0.4, 0.5) is 0 Å². The van der Waals surface area contributed by atoms with Gasteiger partial charge in [0.1, 0.15) is 53.8 Å². The van der Waals surface area contributed by atoms with E-state index in [2.05, 4.69) is 52.2 Å². The van der Waals surface area contributed by atoms with Gasteiger partial charge in [-0.15, -0.1) is 23.1 Å². The Kier molecular flexibility index (Phi) is 39.1. The number of carbonyl (C=O) groups is 18. The Labute approximate surface area is 794 Å². The molecule has 4 aliphatic heterocycles. The molecular formula is C97H131N17O19S2. The summed E-state index contributed by atoms with van der Waals surface area (Å²) in [6.07, 6.45) is 4.06. The van der Waals surface area contributed by atoms with Crippen molar-refractivity contribution in [2.45, 2.75) is 256 Å². The summed E-state index contributed by atoms with van der Waals surface area (Å²) in [5.74, 6) is -19.6. The molecule has 0 radical (unpaired) electrons. The van der Waals surface area contributed by atoms with Crippen LogP contribution < -0.4 is 48.7 Å². The number of aromatic nitrogens is 3. The number of primary amides is 2. The molecule has 14 atom stereocenters. The van der Waals surface area contributed by atoms with Crippen LogP contribution in [-0.2, 0) is 112 Å². The summed E-state index contributed by atoms with van der Waals surface area (Å²) in [5, 5.41) is 33.0. The van der Waals surface area contributed by atoms with Crippen molar-refractivity contribution in [2.75, 3.05) is 58.8 Å². The molecule has 36 nitrogen and oxygen atoms in total. The van der Waals surface area contributed by atoms with Crippen molar-refractivity contribution < 1.29 is 91.4 Å². The molecular weight excluding hydrogens is 1770 g/mol. The lowest BCUT2D eigenvalue weighted by molar-refractivity contribution is -0.149. The average Bonchev–Trinajstić information content (AvgIpc) is 1.55. The molecule has 730 valence electrons. The normalized spacial score (nSPS) is 25.3. The number of aromatic hydroxyl groups is 1. The minimum absolute atomic E-state index is 0.0131. The van der Waals surface area contributed by atoms with Gasteiger partial charge in [-0.1, -0.05) is 108 Å². The molecule has 7 heterocycles. The zero-order valence-electron chi connectivity index (χ0n) is 78.3. The number of nitrogens with one attached hydrogen (secondary N) is 9. The number of benzene rings is 3. The van der Waals surface area contributed by atoms with E-state index < -0.39 is 240 Å². The molecule has 0 spiro atoms. The molecule has 0 aliphatic carbocycles. The number of ketones is 4. The van der Waals surface area contributed by atoms with Gasteiger partial charge >= 0.3 is 0 Å². The lowest BCUT2D eigenvalue weighted by Gasteiger charge is -2.36. The van der Waals surface area contributed by atoms with E-state index in [9.17, 15) is 43.5 Å². The quantitative estimate of drug-likeness (QED) is 0.0450. The van der Waals surface area contributed by atoms with Crippen molar-refractivity contribution in [2.24, 2.45) is 41.1 Å². The molecule has 4 fully saturated rings. The van der Waals surface area contributed by atoms with Gasteiger partial charge in [0.2, 0.25) is 82.7 Å². The van der Waals surface area contributed by atoms with E-state index in [-0.39, 0.29) is 128 Å². The second kappa shape index (κ2) is 50.4. The van der Waals surface area contributed by atoms with Gasteiger partial charge < -0.3 is 88.3 Å². The molecule has 135 heavy (non-hydrogen) atoms. The highest BCUT2D eigenvalue weighted by atomic mass is 32.2. The highest BCUT2D eigenvalue weighted by Gasteiger charge is 2.46. The number of carbonyl (C=O) groups excluding carboxylic acids is 18. The highest BCUT2D eigenvalue weighted by Crippen LogP contribution is 2.34. The fourth-order valence-electron chi connectivity index (χ4n) is 18.5. The first-order valence-electron chi connectivity index (χ1n) is 47.0. The van der Waals surface area contributed by atoms with Crippen molar-refractivity contribution in [3.8, 4) is 5.75 Å². The number of amides is 14. The predicted octanol–water partition coefficient (Wildman–Crippen LogP) is 5.02. The lowest BCUT2D eigenvalue weighted by atomic mass is 9.83. The molecule has 4 aliphatic rings. The van der Waals surface area contributed by atoms with Crippen LogP contribution in [0.3, 0.4) is 0 Å². The number of H-pyrrole nitrogens is 2. The van der Waals surface area contributed by atoms with Gasteiger partial charge in [-0.05, 0) is 135 Å². The van der Waals surface area contributed by atoms with Gasteiger partial charge in [0.25, 0.3) is 0 Å². The maximum atomic E-state index is 16.0. The monoisotopic (exact) mass is 1900 g/mol. The fraction of sp³-hybridized carbons (Fsp3) is 0.557. The smallest absolute Gasteiger partial charge is 0.246 e. The summed E-state index contributed by atoms with van der Waals surface area (Å²) in [6, 6.07) is 6.58. The number of likely N-dealkylation sites (N-methyl/N-ethyl adjacent to an activating group) is 3. The summed E-state index contributed by atoms with van der Waals surface area (Å²) in [5.41, 5.74) is 14.2. The number of imidazole rings is 1. The molecule has 3 aromatic carbocycles. The van der Waals surface area contributed by atoms with Gasteiger partial charge in [-0.3, -0.25) is 86.3 Å². The maximum absolute atomic E-state index is 16.0. The van der Waals surface area contributed by atoms with Crippen molar-refractivity contribution in [1.82, 2.24) is 76.7 Å². The number of aromatic amines is 2. The third-order valence-corrected chi connectivity index (χ3v) is 28.2. The Hall–Kier alpha value is -12.2. The van der Waals surface area contributed by atoms with E-state index in [0.29, 0.717) is 54.5 Å². The van der Waals surface area contributed by atoms with Crippen LogP contribution in [0.15, 0.2) is 96.9 Å². The number of thioether (sulfide) groups is 1. The number of para-hydroxylation sites is 1. The first-order valence-corrected chi connectivity index (χ1v) is 49.0. The van der Waals surface area contributed by atoms with Crippen LogP contribution in [0.1, 0.15) is 192 Å². The summed E-state index contributed by atoms with van der Waals surface area (Å²) < 4.78 is 0.884. The van der Waals surface area contributed by atoms with Crippen LogP contribution in [0.5, 0.6) is 5.75 Å². The summed E-state index contributed by atoms with van der Waals surface area (Å²) in [6.45, 7) is 8.17. The van der Waals surface area contributed by atoms with E-state index in [4.69, 9.17) is 11.5 Å². The molecule has 4 saturated heterocycles. The summed E-state index contributed by atoms with van der Waals surface area (Å²) in [7, 11) is 4.14. The van der Waals surface area contributed by atoms with Gasteiger partial charge in [0.15, 0.2) is 17.3 Å². The second-order valence-electron chi connectivity index (χ2n) is 36.6. The number of rotatable bonds is 21. The number of phenols is 1. The number of fused-ring (bicyclic) bond motifs is 13. The number of nitrogens with two attached hydrogens (primary N) is 2. The Bertz CT molecular complexity index is 5230. The van der Waals surface area contributed by atoms with E-state index in [1.165, 1.54) is 95.8 Å². The molecule has 0 unspecified atom stereocenters. The Morgan fingerprint density at radius 2 is 1.17 bits per heavy atom. The fourth-order valence-corrected chi connectivity index (χ4v) is 20.3. The Morgan fingerprint density at radius 3 is 1.86 bits per heavy atom. The third-order valence-electron chi connectivity index (χ3n) is 26.2. The number of phenolic OH excluding ortho intramolecular Hbond substituents is 1. The van der Waals surface area contributed by atoms with E-state index in [1.54, 1.807) is 6.20 Å². The highest BCUT2D eigenvalue weighted by molar-refractivity contribution is 8.00. The molecule has 38 heteroatoms. The van der Waals surface area contributed by atoms with Gasteiger partial charge in [-0.2, -0.15) is 0 Å². The van der Waals surface area contributed by atoms with Crippen LogP contribution in [-0.4, -0.2) is 270 Å². The topological polar surface area (TPSA) is 524 Å². The number of unbranched alkanes of at least 4 members (excludes halogenated alkanes) is 2. The minimum Gasteiger partial charge on any atom is -0.508 e. The number of nitrogens with zero attached hydrogens (tertiary/aromatic N) is 6. The summed E-state index contributed by atoms with van der Waals surface area (Å²) >= 11 is 2.21.